The zero-order valence-electron chi connectivity index (χ0n) is 12.6. The van der Waals surface area contributed by atoms with Crippen LogP contribution in [-0.4, -0.2) is 19.1 Å². The number of rotatable bonds is 4. The van der Waals surface area contributed by atoms with Crippen molar-refractivity contribution >= 4 is 5.69 Å². The van der Waals surface area contributed by atoms with Crippen LogP contribution in [0.1, 0.15) is 45.1 Å². The van der Waals surface area contributed by atoms with Gasteiger partial charge >= 0.3 is 0 Å². The largest absolute Gasteiger partial charge is 0.371 e. The fourth-order valence-corrected chi connectivity index (χ4v) is 2.90. The number of hydrogen-bond donors (Lipinski definition) is 1. The van der Waals surface area contributed by atoms with Crippen molar-refractivity contribution in [3.63, 3.8) is 0 Å². The monoisotopic (exact) mass is 276 g/mol. The van der Waals surface area contributed by atoms with Crippen LogP contribution in [0, 0.1) is 11.2 Å². The van der Waals surface area contributed by atoms with Crippen LogP contribution in [0.15, 0.2) is 18.2 Å². The molecular formula is C17H25FN2. The number of benzene rings is 1. The average molecular weight is 276 g/mol. The summed E-state index contributed by atoms with van der Waals surface area (Å²) in [5, 5.41) is 3.50. The third-order valence-corrected chi connectivity index (χ3v) is 4.66. The van der Waals surface area contributed by atoms with Gasteiger partial charge in [-0.2, -0.15) is 0 Å². The van der Waals surface area contributed by atoms with E-state index < -0.39 is 0 Å². The quantitative estimate of drug-likeness (QED) is 0.902. The summed E-state index contributed by atoms with van der Waals surface area (Å²) in [5.41, 5.74) is 2.77. The van der Waals surface area contributed by atoms with Crippen molar-refractivity contribution in [1.29, 1.82) is 0 Å². The lowest BCUT2D eigenvalue weighted by Crippen LogP contribution is -2.38. The van der Waals surface area contributed by atoms with Crippen molar-refractivity contribution in [2.45, 2.75) is 52.1 Å². The van der Waals surface area contributed by atoms with Crippen molar-refractivity contribution < 1.29 is 4.39 Å². The maximum atomic E-state index is 13.5. The van der Waals surface area contributed by atoms with Crippen LogP contribution in [0.25, 0.3) is 0 Å². The molecule has 1 N–H and O–H groups in total. The second-order valence-corrected chi connectivity index (χ2v) is 7.08. The lowest BCUT2D eigenvalue weighted by Gasteiger charge is -2.39. The van der Waals surface area contributed by atoms with E-state index in [1.54, 1.807) is 12.1 Å². The van der Waals surface area contributed by atoms with Gasteiger partial charge < -0.3 is 10.2 Å². The molecule has 1 aromatic rings. The molecule has 2 fully saturated rings. The Bertz CT molecular complexity index is 470. The predicted molar refractivity (Wildman–Crippen MR) is 81.5 cm³/mol. The molecule has 1 heterocycles. The van der Waals surface area contributed by atoms with Crippen LogP contribution in [0.4, 0.5) is 10.1 Å². The van der Waals surface area contributed by atoms with Gasteiger partial charge in [0, 0.05) is 31.4 Å². The number of anilines is 1. The summed E-state index contributed by atoms with van der Waals surface area (Å²) < 4.78 is 13.5. The molecule has 2 nitrogen and oxygen atoms in total. The Morgan fingerprint density at radius 1 is 1.25 bits per heavy atom. The Hall–Kier alpha value is -1.09. The summed E-state index contributed by atoms with van der Waals surface area (Å²) >= 11 is 0. The summed E-state index contributed by atoms with van der Waals surface area (Å²) in [6.07, 6.45) is 4.95. The van der Waals surface area contributed by atoms with Gasteiger partial charge in [0.1, 0.15) is 5.82 Å². The SMILES string of the molecule is CC1(C)CCN(c2ccc(F)cc2CNC2CC2)CC1. The number of hydrogen-bond acceptors (Lipinski definition) is 2. The predicted octanol–water partition coefficient (Wildman–Crippen LogP) is 3.70. The van der Waals surface area contributed by atoms with E-state index in [1.807, 2.05) is 6.07 Å². The van der Waals surface area contributed by atoms with Gasteiger partial charge in [0.25, 0.3) is 0 Å². The molecule has 1 aliphatic carbocycles. The normalized spacial score (nSPS) is 22.1. The van der Waals surface area contributed by atoms with Gasteiger partial charge in [0.15, 0.2) is 0 Å². The minimum atomic E-state index is -0.126. The van der Waals surface area contributed by atoms with E-state index in [0.29, 0.717) is 11.5 Å². The van der Waals surface area contributed by atoms with Gasteiger partial charge in [-0.3, -0.25) is 0 Å². The fraction of sp³-hybridized carbons (Fsp3) is 0.647. The van der Waals surface area contributed by atoms with Gasteiger partial charge in [0.2, 0.25) is 0 Å². The van der Waals surface area contributed by atoms with Gasteiger partial charge in [-0.25, -0.2) is 4.39 Å². The first-order valence-corrected chi connectivity index (χ1v) is 7.80. The molecule has 3 rings (SSSR count). The summed E-state index contributed by atoms with van der Waals surface area (Å²) in [6, 6.07) is 5.91. The first kappa shape index (κ1) is 13.9. The van der Waals surface area contributed by atoms with Crippen LogP contribution >= 0.6 is 0 Å². The molecule has 0 amide bonds. The van der Waals surface area contributed by atoms with E-state index in [0.717, 1.165) is 25.2 Å². The second kappa shape index (κ2) is 5.36. The lowest BCUT2D eigenvalue weighted by atomic mass is 9.82. The third kappa shape index (κ3) is 3.32. The van der Waals surface area contributed by atoms with Gasteiger partial charge in [-0.1, -0.05) is 13.8 Å². The molecule has 20 heavy (non-hydrogen) atoms. The van der Waals surface area contributed by atoms with Crippen LogP contribution in [0.2, 0.25) is 0 Å². The molecule has 1 aliphatic heterocycles. The minimum absolute atomic E-state index is 0.126. The van der Waals surface area contributed by atoms with E-state index >= 15 is 0 Å². The maximum absolute atomic E-state index is 13.5. The van der Waals surface area contributed by atoms with E-state index in [4.69, 9.17) is 0 Å². The van der Waals surface area contributed by atoms with E-state index in [1.165, 1.54) is 31.4 Å². The maximum Gasteiger partial charge on any atom is 0.123 e. The smallest absolute Gasteiger partial charge is 0.123 e. The highest BCUT2D eigenvalue weighted by molar-refractivity contribution is 5.54. The lowest BCUT2D eigenvalue weighted by molar-refractivity contribution is 0.279. The molecule has 0 aromatic heterocycles. The molecule has 0 radical (unpaired) electrons. The van der Waals surface area contributed by atoms with Crippen LogP contribution < -0.4 is 10.2 Å². The highest BCUT2D eigenvalue weighted by atomic mass is 19.1. The standard InChI is InChI=1S/C17H25FN2/c1-17(2)7-9-20(10-8-17)16-6-3-14(18)11-13(16)12-19-15-4-5-15/h3,6,11,15,19H,4-5,7-10,12H2,1-2H3. The third-order valence-electron chi connectivity index (χ3n) is 4.66. The van der Waals surface area contributed by atoms with Gasteiger partial charge in [-0.05, 0) is 54.9 Å². The first-order valence-electron chi connectivity index (χ1n) is 7.80. The fourth-order valence-electron chi connectivity index (χ4n) is 2.90. The number of piperidine rings is 1. The molecule has 0 unspecified atom stereocenters. The van der Waals surface area contributed by atoms with Crippen molar-refractivity contribution in [2.24, 2.45) is 5.41 Å². The van der Waals surface area contributed by atoms with E-state index in [-0.39, 0.29) is 5.82 Å². The highest BCUT2D eigenvalue weighted by Gasteiger charge is 2.27. The van der Waals surface area contributed by atoms with Crippen molar-refractivity contribution in [2.75, 3.05) is 18.0 Å². The molecule has 1 saturated carbocycles. The summed E-state index contributed by atoms with van der Waals surface area (Å²) in [5.74, 6) is -0.126. The Morgan fingerprint density at radius 3 is 2.60 bits per heavy atom. The number of halogens is 1. The Morgan fingerprint density at radius 2 is 1.95 bits per heavy atom. The van der Waals surface area contributed by atoms with E-state index in [2.05, 4.69) is 24.1 Å². The first-order chi connectivity index (χ1) is 9.53. The molecule has 110 valence electrons. The Balaban J connectivity index is 1.73. The van der Waals surface area contributed by atoms with Gasteiger partial charge in [-0.15, -0.1) is 0 Å². The molecular weight excluding hydrogens is 251 g/mol. The number of nitrogens with zero attached hydrogens (tertiary/aromatic N) is 1. The Labute approximate surface area is 121 Å². The van der Waals surface area contributed by atoms with Crippen molar-refractivity contribution in [1.82, 2.24) is 5.32 Å². The zero-order valence-corrected chi connectivity index (χ0v) is 12.6. The van der Waals surface area contributed by atoms with E-state index in [9.17, 15) is 4.39 Å². The summed E-state index contributed by atoms with van der Waals surface area (Å²) in [6.45, 7) is 7.62. The van der Waals surface area contributed by atoms with Crippen LogP contribution in [0.5, 0.6) is 0 Å². The molecule has 2 aliphatic rings. The number of nitrogens with one attached hydrogen (secondary N) is 1. The average Bonchev–Trinajstić information content (AvgIpc) is 3.21. The minimum Gasteiger partial charge on any atom is -0.371 e. The molecule has 0 atom stereocenters. The zero-order chi connectivity index (χ0) is 14.2. The van der Waals surface area contributed by atoms with Gasteiger partial charge in [0.05, 0.1) is 0 Å². The topological polar surface area (TPSA) is 15.3 Å². The Kier molecular flexibility index (Phi) is 3.72. The van der Waals surface area contributed by atoms with Crippen LogP contribution in [-0.2, 0) is 6.54 Å². The van der Waals surface area contributed by atoms with Crippen LogP contribution in [0.3, 0.4) is 0 Å². The van der Waals surface area contributed by atoms with Crippen molar-refractivity contribution in [3.05, 3.63) is 29.6 Å². The molecule has 3 heteroatoms. The van der Waals surface area contributed by atoms with Crippen molar-refractivity contribution in [3.8, 4) is 0 Å². The molecule has 1 aromatic carbocycles. The highest BCUT2D eigenvalue weighted by Crippen LogP contribution is 2.34. The summed E-state index contributed by atoms with van der Waals surface area (Å²) in [4.78, 5) is 2.43. The second-order valence-electron chi connectivity index (χ2n) is 7.08. The molecule has 1 saturated heterocycles. The molecule has 0 spiro atoms. The summed E-state index contributed by atoms with van der Waals surface area (Å²) in [7, 11) is 0. The molecule has 0 bridgehead atoms.